The van der Waals surface area contributed by atoms with Gasteiger partial charge < -0.3 is 0 Å². The fourth-order valence-corrected chi connectivity index (χ4v) is 3.21. The molecule has 0 aliphatic carbocycles. The van der Waals surface area contributed by atoms with Gasteiger partial charge in [0, 0.05) is 18.9 Å². The van der Waals surface area contributed by atoms with E-state index in [1.54, 1.807) is 6.20 Å². The summed E-state index contributed by atoms with van der Waals surface area (Å²) in [6.45, 7) is 10.4. The summed E-state index contributed by atoms with van der Waals surface area (Å²) in [6.07, 6.45) is 4.65. The minimum atomic E-state index is -0.161. The second kappa shape index (κ2) is 8.39. The molecule has 1 aromatic carbocycles. The molecule has 0 fully saturated rings. The lowest BCUT2D eigenvalue weighted by Gasteiger charge is -2.33. The summed E-state index contributed by atoms with van der Waals surface area (Å²) in [7, 11) is 0. The third-order valence-corrected chi connectivity index (χ3v) is 5.18. The van der Waals surface area contributed by atoms with Crippen LogP contribution in [0.1, 0.15) is 57.1 Å². The molecule has 0 spiro atoms. The number of rotatable bonds is 8. The van der Waals surface area contributed by atoms with Gasteiger partial charge in [0.2, 0.25) is 0 Å². The average molecular weight is 364 g/mol. The first-order valence-electron chi connectivity index (χ1n) is 9.53. The molecule has 0 saturated heterocycles. The number of pyridine rings is 1. The van der Waals surface area contributed by atoms with Gasteiger partial charge in [-0.1, -0.05) is 50.2 Å². The van der Waals surface area contributed by atoms with Crippen molar-refractivity contribution in [3.63, 3.8) is 0 Å². The Hall–Kier alpha value is -2.60. The van der Waals surface area contributed by atoms with Crippen LogP contribution in [0, 0.1) is 0 Å². The van der Waals surface area contributed by atoms with E-state index in [-0.39, 0.29) is 11.6 Å². The highest BCUT2D eigenvalue weighted by Crippen LogP contribution is 2.31. The van der Waals surface area contributed by atoms with Crippen molar-refractivity contribution >= 4 is 0 Å². The molecule has 6 heteroatoms. The van der Waals surface area contributed by atoms with Crippen LogP contribution in [0.4, 0.5) is 0 Å². The van der Waals surface area contributed by atoms with Gasteiger partial charge in [-0.25, -0.2) is 4.68 Å². The van der Waals surface area contributed by atoms with Gasteiger partial charge >= 0.3 is 0 Å². The largest absolute Gasteiger partial charge is 0.286 e. The Labute approximate surface area is 161 Å². The first kappa shape index (κ1) is 19.2. The summed E-state index contributed by atoms with van der Waals surface area (Å²) in [5.41, 5.74) is 2.20. The van der Waals surface area contributed by atoms with E-state index in [0.29, 0.717) is 0 Å². The van der Waals surface area contributed by atoms with E-state index in [2.05, 4.69) is 83.4 Å². The van der Waals surface area contributed by atoms with Crippen molar-refractivity contribution in [3.05, 3.63) is 71.8 Å². The zero-order valence-corrected chi connectivity index (χ0v) is 16.6. The van der Waals surface area contributed by atoms with Crippen LogP contribution in [0.3, 0.4) is 0 Å². The molecule has 0 amide bonds. The number of tetrazole rings is 1. The molecule has 2 aromatic heterocycles. The normalized spacial score (nSPS) is 13.1. The Balaban J connectivity index is 2.06. The second-order valence-corrected chi connectivity index (χ2v) is 7.35. The number of hydrogen-bond donors (Lipinski definition) is 0. The summed E-state index contributed by atoms with van der Waals surface area (Å²) >= 11 is 0. The second-order valence-electron chi connectivity index (χ2n) is 7.35. The fraction of sp³-hybridized carbons (Fsp3) is 0.429. The molecule has 27 heavy (non-hydrogen) atoms. The third-order valence-electron chi connectivity index (χ3n) is 5.18. The maximum atomic E-state index is 4.45. The smallest absolute Gasteiger partial charge is 0.173 e. The van der Waals surface area contributed by atoms with Crippen molar-refractivity contribution in [2.45, 2.75) is 52.2 Å². The van der Waals surface area contributed by atoms with E-state index in [1.807, 2.05) is 23.0 Å². The average Bonchev–Trinajstić information content (AvgIpc) is 3.19. The number of hydrogen-bond acceptors (Lipinski definition) is 5. The fourth-order valence-electron chi connectivity index (χ4n) is 3.21. The van der Waals surface area contributed by atoms with Crippen molar-refractivity contribution in [1.29, 1.82) is 0 Å². The van der Waals surface area contributed by atoms with E-state index in [9.17, 15) is 0 Å². The Morgan fingerprint density at radius 2 is 1.85 bits per heavy atom. The van der Waals surface area contributed by atoms with Crippen LogP contribution in [-0.4, -0.2) is 36.6 Å². The number of aromatic nitrogens is 5. The summed E-state index contributed by atoms with van der Waals surface area (Å²) in [4.78, 5) is 6.74. The molecular weight excluding hydrogens is 336 g/mol. The van der Waals surface area contributed by atoms with Gasteiger partial charge in [-0.15, -0.1) is 5.10 Å². The van der Waals surface area contributed by atoms with Crippen molar-refractivity contribution < 1.29 is 0 Å². The first-order valence-corrected chi connectivity index (χ1v) is 9.53. The number of nitrogens with zero attached hydrogens (tertiary/aromatic N) is 6. The lowest BCUT2D eigenvalue weighted by molar-refractivity contribution is 0.197. The molecule has 3 rings (SSSR count). The molecule has 1 atom stereocenters. The highest BCUT2D eigenvalue weighted by Gasteiger charge is 2.32. The predicted octanol–water partition coefficient (Wildman–Crippen LogP) is 3.82. The minimum absolute atomic E-state index is 0.0651. The number of benzene rings is 1. The zero-order valence-electron chi connectivity index (χ0n) is 16.6. The molecule has 0 saturated carbocycles. The van der Waals surface area contributed by atoms with Crippen LogP contribution >= 0.6 is 0 Å². The van der Waals surface area contributed by atoms with Gasteiger partial charge in [0.05, 0.1) is 11.6 Å². The SMILES string of the molecule is CCN(Cc1ccccc1)[C@@H](c1cccnc1)c1nnnn1C(C)(C)CC. The molecule has 142 valence electrons. The van der Waals surface area contributed by atoms with E-state index in [0.717, 1.165) is 30.9 Å². The topological polar surface area (TPSA) is 59.7 Å². The van der Waals surface area contributed by atoms with Gasteiger partial charge in [-0.3, -0.25) is 9.88 Å². The van der Waals surface area contributed by atoms with Crippen molar-refractivity contribution in [2.75, 3.05) is 6.54 Å². The van der Waals surface area contributed by atoms with E-state index >= 15 is 0 Å². The van der Waals surface area contributed by atoms with Gasteiger partial charge in [0.1, 0.15) is 0 Å². The van der Waals surface area contributed by atoms with Crippen LogP contribution < -0.4 is 0 Å². The Morgan fingerprint density at radius 3 is 2.48 bits per heavy atom. The van der Waals surface area contributed by atoms with E-state index < -0.39 is 0 Å². The maximum absolute atomic E-state index is 4.45. The van der Waals surface area contributed by atoms with Crippen molar-refractivity contribution in [1.82, 2.24) is 30.1 Å². The molecule has 6 nitrogen and oxygen atoms in total. The van der Waals surface area contributed by atoms with Gasteiger partial charge in [0.15, 0.2) is 5.82 Å². The summed E-state index contributed by atoms with van der Waals surface area (Å²) in [5.74, 6) is 0.854. The highest BCUT2D eigenvalue weighted by molar-refractivity contribution is 5.23. The van der Waals surface area contributed by atoms with Crippen LogP contribution in [0.5, 0.6) is 0 Å². The molecule has 3 aromatic rings. The quantitative estimate of drug-likeness (QED) is 0.608. The molecule has 0 aliphatic heterocycles. The molecule has 2 heterocycles. The Bertz CT molecular complexity index is 828. The van der Waals surface area contributed by atoms with Gasteiger partial charge in [-0.05, 0) is 54.4 Å². The summed E-state index contributed by atoms with van der Waals surface area (Å²) in [5, 5.41) is 12.8. The third kappa shape index (κ3) is 4.22. The van der Waals surface area contributed by atoms with Crippen LogP contribution in [0.2, 0.25) is 0 Å². The zero-order chi connectivity index (χ0) is 19.3. The Kier molecular flexibility index (Phi) is 5.96. The summed E-state index contributed by atoms with van der Waals surface area (Å²) < 4.78 is 1.97. The van der Waals surface area contributed by atoms with Gasteiger partial charge in [0.25, 0.3) is 0 Å². The molecule has 0 radical (unpaired) electrons. The predicted molar refractivity (Wildman–Crippen MR) is 106 cm³/mol. The molecule has 0 unspecified atom stereocenters. The molecular formula is C21H28N6. The standard InChI is InChI=1S/C21H28N6/c1-5-21(3,4)27-20(23-24-25-27)19(18-13-10-14-22-15-18)26(6-2)16-17-11-8-7-9-12-17/h7-15,19H,5-6,16H2,1-4H3/t19-/m0/s1. The minimum Gasteiger partial charge on any atom is -0.286 e. The van der Waals surface area contributed by atoms with Crippen molar-refractivity contribution in [2.24, 2.45) is 0 Å². The van der Waals surface area contributed by atoms with Crippen LogP contribution in [0.15, 0.2) is 54.9 Å². The highest BCUT2D eigenvalue weighted by atomic mass is 15.6. The molecule has 0 bridgehead atoms. The lowest BCUT2D eigenvalue weighted by atomic mass is 10.00. The monoisotopic (exact) mass is 364 g/mol. The lowest BCUT2D eigenvalue weighted by Crippen LogP contribution is -2.36. The molecule has 0 aliphatic rings. The van der Waals surface area contributed by atoms with Crippen LogP contribution in [-0.2, 0) is 12.1 Å². The first-order chi connectivity index (χ1) is 13.1. The molecule has 0 N–H and O–H groups in total. The van der Waals surface area contributed by atoms with Gasteiger partial charge in [-0.2, -0.15) is 0 Å². The van der Waals surface area contributed by atoms with E-state index in [1.165, 1.54) is 5.56 Å². The van der Waals surface area contributed by atoms with Crippen molar-refractivity contribution in [3.8, 4) is 0 Å². The van der Waals surface area contributed by atoms with E-state index in [4.69, 9.17) is 0 Å². The maximum Gasteiger partial charge on any atom is 0.173 e. The summed E-state index contributed by atoms with van der Waals surface area (Å²) in [6, 6.07) is 14.5. The Morgan fingerprint density at radius 1 is 1.07 bits per heavy atom. The van der Waals surface area contributed by atoms with Crippen LogP contribution in [0.25, 0.3) is 0 Å².